The van der Waals surface area contributed by atoms with Crippen molar-refractivity contribution in [2.75, 3.05) is 16.7 Å². The third kappa shape index (κ3) is 4.51. The first-order valence-corrected chi connectivity index (χ1v) is 11.6. The van der Waals surface area contributed by atoms with Crippen molar-refractivity contribution < 1.29 is 13.2 Å². The number of amides is 1. The van der Waals surface area contributed by atoms with Gasteiger partial charge < -0.3 is 0 Å². The Morgan fingerprint density at radius 2 is 1.90 bits per heavy atom. The lowest BCUT2D eigenvalue weighted by Gasteiger charge is -2.20. The number of sulfonamides is 1. The van der Waals surface area contributed by atoms with Gasteiger partial charge in [0.2, 0.25) is 5.13 Å². The number of hydrogen-bond acceptors (Lipinski definition) is 7. The van der Waals surface area contributed by atoms with E-state index in [1.54, 1.807) is 19.2 Å². The third-order valence-corrected chi connectivity index (χ3v) is 7.02. The number of hydrogen-bond donors (Lipinski definition) is 1. The maximum absolute atomic E-state index is 13.1. The summed E-state index contributed by atoms with van der Waals surface area (Å²) in [7, 11) is -0.893. The standard InChI is InChI=1S/C19H24N6O3S2/c1-12(2)10-16-22-23-19(29-16)21-17(26)15-11-20-24(4)18(15)25(5)30(27,28)14-8-6-13(3)7-9-14/h6-9,11-12H,10H2,1-5H3,(H,21,23,26). The molecule has 1 amide bonds. The Kier molecular flexibility index (Phi) is 6.22. The van der Waals surface area contributed by atoms with Crippen molar-refractivity contribution in [3.05, 3.63) is 46.6 Å². The fraction of sp³-hybridized carbons (Fsp3) is 0.368. The van der Waals surface area contributed by atoms with Crippen molar-refractivity contribution in [2.24, 2.45) is 13.0 Å². The van der Waals surface area contributed by atoms with Gasteiger partial charge in [0.1, 0.15) is 10.6 Å². The SMILES string of the molecule is Cc1ccc(S(=O)(=O)N(C)c2c(C(=O)Nc3nnc(CC(C)C)s3)cnn2C)cc1. The number of carbonyl (C=O) groups is 1. The van der Waals surface area contributed by atoms with Gasteiger partial charge >= 0.3 is 0 Å². The molecule has 0 radical (unpaired) electrons. The molecule has 0 aliphatic carbocycles. The average Bonchev–Trinajstić information content (AvgIpc) is 3.27. The van der Waals surface area contributed by atoms with Crippen molar-refractivity contribution in [1.82, 2.24) is 20.0 Å². The van der Waals surface area contributed by atoms with E-state index in [1.807, 2.05) is 6.92 Å². The van der Waals surface area contributed by atoms with E-state index in [4.69, 9.17) is 0 Å². The minimum atomic E-state index is -3.87. The zero-order valence-electron chi connectivity index (χ0n) is 17.4. The smallest absolute Gasteiger partial charge is 0.265 e. The summed E-state index contributed by atoms with van der Waals surface area (Å²) in [6.07, 6.45) is 2.10. The first-order valence-electron chi connectivity index (χ1n) is 9.31. The number of nitrogens with zero attached hydrogens (tertiary/aromatic N) is 5. The molecule has 160 valence electrons. The number of nitrogens with one attached hydrogen (secondary N) is 1. The molecule has 1 N–H and O–H groups in total. The lowest BCUT2D eigenvalue weighted by Crippen LogP contribution is -2.30. The largest absolute Gasteiger partial charge is 0.296 e. The maximum atomic E-state index is 13.1. The molecule has 2 heterocycles. The number of aromatic nitrogens is 4. The molecule has 0 spiro atoms. The molecule has 0 bridgehead atoms. The van der Waals surface area contributed by atoms with Crippen LogP contribution in [0.1, 0.15) is 34.8 Å². The van der Waals surface area contributed by atoms with Crippen molar-refractivity contribution >= 4 is 38.2 Å². The molecule has 9 nitrogen and oxygen atoms in total. The fourth-order valence-corrected chi connectivity index (χ4v) is 5.03. The molecular formula is C19H24N6O3S2. The van der Waals surface area contributed by atoms with Gasteiger partial charge in [-0.05, 0) is 25.0 Å². The Hall–Kier alpha value is -2.79. The van der Waals surface area contributed by atoms with Crippen LogP contribution in [0.4, 0.5) is 10.9 Å². The summed E-state index contributed by atoms with van der Waals surface area (Å²) in [6, 6.07) is 6.52. The number of aryl methyl sites for hydroxylation is 2. The Balaban J connectivity index is 1.87. The van der Waals surface area contributed by atoms with E-state index in [-0.39, 0.29) is 16.3 Å². The Morgan fingerprint density at radius 1 is 1.23 bits per heavy atom. The van der Waals surface area contributed by atoms with Crippen molar-refractivity contribution in [3.8, 4) is 0 Å². The highest BCUT2D eigenvalue weighted by Gasteiger charge is 2.29. The Bertz CT molecular complexity index is 1150. The second kappa shape index (κ2) is 8.52. The summed E-state index contributed by atoms with van der Waals surface area (Å²) >= 11 is 1.30. The van der Waals surface area contributed by atoms with Crippen LogP contribution in [0.15, 0.2) is 35.4 Å². The van der Waals surface area contributed by atoms with E-state index in [1.165, 1.54) is 41.4 Å². The quantitative estimate of drug-likeness (QED) is 0.595. The molecule has 3 aromatic rings. The first-order chi connectivity index (χ1) is 14.1. The van der Waals surface area contributed by atoms with Crippen LogP contribution in [0.2, 0.25) is 0 Å². The van der Waals surface area contributed by atoms with E-state index in [0.29, 0.717) is 11.0 Å². The molecule has 0 saturated carbocycles. The van der Waals surface area contributed by atoms with Gasteiger partial charge in [0.05, 0.1) is 11.1 Å². The van der Waals surface area contributed by atoms with E-state index >= 15 is 0 Å². The van der Waals surface area contributed by atoms with E-state index in [0.717, 1.165) is 21.3 Å². The van der Waals surface area contributed by atoms with Crippen LogP contribution < -0.4 is 9.62 Å². The summed E-state index contributed by atoms with van der Waals surface area (Å²) in [4.78, 5) is 13.0. The summed E-state index contributed by atoms with van der Waals surface area (Å²) in [6.45, 7) is 6.03. The van der Waals surface area contributed by atoms with Gasteiger partial charge in [0.15, 0.2) is 5.82 Å². The first kappa shape index (κ1) is 21.9. The van der Waals surface area contributed by atoms with E-state index in [2.05, 4.69) is 34.5 Å². The minimum absolute atomic E-state index is 0.122. The topological polar surface area (TPSA) is 110 Å². The second-order valence-electron chi connectivity index (χ2n) is 7.34. The van der Waals surface area contributed by atoms with Crippen molar-refractivity contribution in [2.45, 2.75) is 32.1 Å². The predicted octanol–water partition coefficient (Wildman–Crippen LogP) is 2.86. The monoisotopic (exact) mass is 448 g/mol. The highest BCUT2D eigenvalue weighted by Crippen LogP contribution is 2.27. The van der Waals surface area contributed by atoms with Crippen LogP contribution in [0.25, 0.3) is 0 Å². The number of rotatable bonds is 7. The molecular weight excluding hydrogens is 424 g/mol. The van der Waals surface area contributed by atoms with Gasteiger partial charge in [-0.2, -0.15) is 5.10 Å². The van der Waals surface area contributed by atoms with Crippen LogP contribution in [-0.2, 0) is 23.5 Å². The number of anilines is 2. The highest BCUT2D eigenvalue weighted by molar-refractivity contribution is 7.92. The molecule has 0 unspecified atom stereocenters. The third-order valence-electron chi connectivity index (χ3n) is 4.40. The molecule has 2 aromatic heterocycles. The van der Waals surface area contributed by atoms with Crippen molar-refractivity contribution in [1.29, 1.82) is 0 Å². The predicted molar refractivity (Wildman–Crippen MR) is 116 cm³/mol. The van der Waals surface area contributed by atoms with Gasteiger partial charge in [-0.1, -0.05) is 42.9 Å². The Morgan fingerprint density at radius 3 is 2.53 bits per heavy atom. The second-order valence-corrected chi connectivity index (χ2v) is 10.4. The summed E-state index contributed by atoms with van der Waals surface area (Å²) < 4.78 is 28.5. The zero-order valence-corrected chi connectivity index (χ0v) is 19.1. The van der Waals surface area contributed by atoms with Crippen LogP contribution in [-0.4, -0.2) is 41.4 Å². The molecule has 0 atom stereocenters. The lowest BCUT2D eigenvalue weighted by molar-refractivity contribution is 0.102. The van der Waals surface area contributed by atoms with Crippen LogP contribution in [0.3, 0.4) is 0 Å². The van der Waals surface area contributed by atoms with E-state index < -0.39 is 15.9 Å². The fourth-order valence-electron chi connectivity index (χ4n) is 2.85. The molecule has 0 aliphatic rings. The number of carbonyl (C=O) groups excluding carboxylic acids is 1. The van der Waals surface area contributed by atoms with Gasteiger partial charge in [0, 0.05) is 20.5 Å². The van der Waals surface area contributed by atoms with Gasteiger partial charge in [-0.25, -0.2) is 8.42 Å². The van der Waals surface area contributed by atoms with Crippen LogP contribution in [0.5, 0.6) is 0 Å². The summed E-state index contributed by atoms with van der Waals surface area (Å²) in [5.41, 5.74) is 1.07. The molecule has 3 rings (SSSR count). The molecule has 0 fully saturated rings. The van der Waals surface area contributed by atoms with Crippen LogP contribution in [0, 0.1) is 12.8 Å². The summed E-state index contributed by atoms with van der Waals surface area (Å²) in [5.74, 6) is 0.0726. The zero-order chi connectivity index (χ0) is 22.1. The molecule has 1 aromatic carbocycles. The number of benzene rings is 1. The van der Waals surface area contributed by atoms with Crippen LogP contribution >= 0.6 is 11.3 Å². The Labute approximate surface area is 179 Å². The minimum Gasteiger partial charge on any atom is -0.296 e. The van der Waals surface area contributed by atoms with Crippen molar-refractivity contribution in [3.63, 3.8) is 0 Å². The molecule has 30 heavy (non-hydrogen) atoms. The molecule has 11 heteroatoms. The van der Waals surface area contributed by atoms with Gasteiger partial charge in [-0.15, -0.1) is 10.2 Å². The highest BCUT2D eigenvalue weighted by atomic mass is 32.2. The van der Waals surface area contributed by atoms with Gasteiger partial charge in [-0.3, -0.25) is 19.1 Å². The van der Waals surface area contributed by atoms with E-state index in [9.17, 15) is 13.2 Å². The van der Waals surface area contributed by atoms with Gasteiger partial charge in [0.25, 0.3) is 15.9 Å². The summed E-state index contributed by atoms with van der Waals surface area (Å²) in [5, 5.41) is 16.0. The normalized spacial score (nSPS) is 11.7. The molecule has 0 saturated heterocycles. The average molecular weight is 449 g/mol. The maximum Gasteiger partial charge on any atom is 0.265 e. The lowest BCUT2D eigenvalue weighted by atomic mass is 10.1. The molecule has 0 aliphatic heterocycles.